The maximum absolute atomic E-state index is 11.3. The molecule has 0 saturated carbocycles. The normalized spacial score (nSPS) is 12.4. The zero-order valence-electron chi connectivity index (χ0n) is 27.1. The van der Waals surface area contributed by atoms with Crippen molar-refractivity contribution in [3.8, 4) is 0 Å². The number of alkyl carbamates (subject to hydrolysis) is 1. The van der Waals surface area contributed by atoms with E-state index in [0.29, 0.717) is 13.1 Å². The van der Waals surface area contributed by atoms with Gasteiger partial charge in [0.2, 0.25) is 0 Å². The molecule has 2 aromatic rings. The van der Waals surface area contributed by atoms with Crippen molar-refractivity contribution < 1.29 is 38.1 Å². The maximum atomic E-state index is 11.3. The zero-order valence-corrected chi connectivity index (χ0v) is 27.1. The molecule has 1 aliphatic heterocycles. The van der Waals surface area contributed by atoms with Crippen LogP contribution in [0.15, 0.2) is 49.1 Å². The topological polar surface area (TPSA) is 161 Å². The van der Waals surface area contributed by atoms with Gasteiger partial charge in [0.1, 0.15) is 16.8 Å². The number of pyridine rings is 2. The van der Waals surface area contributed by atoms with Crippen molar-refractivity contribution in [2.45, 2.75) is 105 Å². The first-order chi connectivity index (χ1) is 19.9. The minimum Gasteiger partial charge on any atom is -0.444 e. The van der Waals surface area contributed by atoms with Gasteiger partial charge in [0, 0.05) is 51.1 Å². The van der Waals surface area contributed by atoms with Crippen LogP contribution < -0.4 is 11.1 Å². The lowest BCUT2D eigenvalue weighted by molar-refractivity contribution is -0.0294. The third-order valence-corrected chi connectivity index (χ3v) is 4.34. The van der Waals surface area contributed by atoms with Crippen molar-refractivity contribution in [1.29, 1.82) is 0 Å². The number of carbonyl (C=O) groups is 3. The Labute approximate surface area is 256 Å². The molecular weight excluding hydrogens is 556 g/mol. The number of nitrogens with two attached hydrogens (primary N) is 1. The second kappa shape index (κ2) is 20.2. The van der Waals surface area contributed by atoms with Crippen molar-refractivity contribution in [3.05, 3.63) is 60.2 Å². The fraction of sp³-hybridized carbons (Fsp3) is 0.581. The van der Waals surface area contributed by atoms with Crippen LogP contribution in [0.2, 0.25) is 0 Å². The second-order valence-electron chi connectivity index (χ2n) is 12.1. The van der Waals surface area contributed by atoms with Gasteiger partial charge in [-0.05, 0) is 111 Å². The van der Waals surface area contributed by atoms with E-state index in [1.807, 2.05) is 45.0 Å². The molecule has 3 rings (SSSR count). The Morgan fingerprint density at radius 2 is 1.12 bits per heavy atom. The minimum atomic E-state index is -1.06. The number of amides is 1. The lowest BCUT2D eigenvalue weighted by atomic mass is 10.2. The number of nitrogens with one attached hydrogen (secondary N) is 1. The molecule has 1 amide bonds. The number of carbonyl (C=O) groups excluding carboxylic acids is 3. The second-order valence-corrected chi connectivity index (χ2v) is 12.1. The van der Waals surface area contributed by atoms with Crippen LogP contribution in [0.25, 0.3) is 0 Å². The van der Waals surface area contributed by atoms with Crippen molar-refractivity contribution in [2.24, 2.45) is 5.73 Å². The number of rotatable bonds is 3. The van der Waals surface area contributed by atoms with Gasteiger partial charge in [0.15, 0.2) is 0 Å². The molecule has 1 aliphatic rings. The fourth-order valence-corrected chi connectivity index (χ4v) is 2.63. The van der Waals surface area contributed by atoms with Gasteiger partial charge in [-0.1, -0.05) is 0 Å². The Hall–Kier alpha value is -3.77. The van der Waals surface area contributed by atoms with E-state index in [9.17, 15) is 14.4 Å². The molecule has 12 nitrogen and oxygen atoms in total. The first-order valence-electron chi connectivity index (χ1n) is 14.1. The smallest absolute Gasteiger partial charge is 0.444 e. The fourth-order valence-electron chi connectivity index (χ4n) is 2.63. The third kappa shape index (κ3) is 26.9. The summed E-state index contributed by atoms with van der Waals surface area (Å²) >= 11 is 0. The predicted molar refractivity (Wildman–Crippen MR) is 163 cm³/mol. The molecule has 0 aliphatic carbocycles. The van der Waals surface area contributed by atoms with Crippen LogP contribution in [-0.2, 0) is 36.8 Å². The number of hydrogen-bond acceptors (Lipinski definition) is 11. The van der Waals surface area contributed by atoms with E-state index in [1.165, 1.54) is 12.8 Å². The van der Waals surface area contributed by atoms with Crippen molar-refractivity contribution >= 4 is 18.4 Å². The van der Waals surface area contributed by atoms with Gasteiger partial charge >= 0.3 is 18.4 Å². The Balaban J connectivity index is 0.000000586. The highest BCUT2D eigenvalue weighted by Gasteiger charge is 2.24. The Morgan fingerprint density at radius 3 is 1.42 bits per heavy atom. The SMILES string of the molecule is C1CCOC1.CC(C)(C)OC(=O)NCc1ccncc1.CC(C)(C)OC(=O)OC(=O)OC(C)(C)C.NCc1ccncc1. The standard InChI is InChI=1S/C11H16N2O2.C10H18O5.C6H8N2.C4H8O/c1-11(2,3)15-10(14)13-8-9-4-6-12-7-5-9;1-9(2,3)14-7(11)13-8(12)15-10(4,5)6;7-5-6-1-3-8-4-2-6;1-2-4-5-3-1/h4-7H,8H2,1-3H3,(H,13,14);1-6H3;1-4H,5,7H2;1-4H2. The van der Waals surface area contributed by atoms with Gasteiger partial charge in [-0.15, -0.1) is 0 Å². The van der Waals surface area contributed by atoms with Gasteiger partial charge in [0.25, 0.3) is 0 Å². The summed E-state index contributed by atoms with van der Waals surface area (Å²) in [7, 11) is 0. The highest BCUT2D eigenvalue weighted by molar-refractivity contribution is 5.77. The van der Waals surface area contributed by atoms with Crippen molar-refractivity contribution in [2.75, 3.05) is 13.2 Å². The van der Waals surface area contributed by atoms with E-state index >= 15 is 0 Å². The largest absolute Gasteiger partial charge is 0.519 e. The van der Waals surface area contributed by atoms with Crippen LogP contribution >= 0.6 is 0 Å². The molecule has 0 bridgehead atoms. The molecule has 0 aromatic carbocycles. The summed E-state index contributed by atoms with van der Waals surface area (Å²) in [6, 6.07) is 7.49. The van der Waals surface area contributed by atoms with Crippen LogP contribution in [0.3, 0.4) is 0 Å². The van der Waals surface area contributed by atoms with E-state index < -0.39 is 35.2 Å². The van der Waals surface area contributed by atoms with E-state index in [1.54, 1.807) is 66.3 Å². The highest BCUT2D eigenvalue weighted by Crippen LogP contribution is 2.11. The van der Waals surface area contributed by atoms with E-state index in [2.05, 4.69) is 20.0 Å². The summed E-state index contributed by atoms with van der Waals surface area (Å²) in [6.45, 7) is 18.6. The molecule has 0 spiro atoms. The van der Waals surface area contributed by atoms with Crippen LogP contribution in [0.1, 0.15) is 86.3 Å². The number of ether oxygens (including phenoxy) is 5. The molecule has 1 fully saturated rings. The van der Waals surface area contributed by atoms with Crippen LogP contribution in [0.5, 0.6) is 0 Å². The summed E-state index contributed by atoms with van der Waals surface area (Å²) in [4.78, 5) is 41.0. The molecule has 242 valence electrons. The quantitative estimate of drug-likeness (QED) is 0.228. The molecule has 12 heteroatoms. The average Bonchev–Trinajstić information content (AvgIpc) is 3.46. The maximum Gasteiger partial charge on any atom is 0.519 e. The number of aromatic nitrogens is 2. The zero-order chi connectivity index (χ0) is 32.9. The third-order valence-electron chi connectivity index (χ3n) is 4.34. The van der Waals surface area contributed by atoms with Gasteiger partial charge in [-0.25, -0.2) is 14.4 Å². The summed E-state index contributed by atoms with van der Waals surface area (Å²) in [6.07, 6.45) is 6.88. The summed E-state index contributed by atoms with van der Waals surface area (Å²) in [5.41, 5.74) is 5.60. The summed E-state index contributed by atoms with van der Waals surface area (Å²) < 4.78 is 23.8. The van der Waals surface area contributed by atoms with Crippen molar-refractivity contribution in [1.82, 2.24) is 15.3 Å². The molecule has 0 radical (unpaired) electrons. The predicted octanol–water partition coefficient (Wildman–Crippen LogP) is 6.32. The molecule has 2 aromatic heterocycles. The highest BCUT2D eigenvalue weighted by atomic mass is 16.8. The van der Waals surface area contributed by atoms with E-state index in [0.717, 1.165) is 24.3 Å². The molecule has 0 unspecified atom stereocenters. The summed E-state index contributed by atoms with van der Waals surface area (Å²) in [5.74, 6) is 0. The van der Waals surface area contributed by atoms with Gasteiger partial charge in [-0.2, -0.15) is 0 Å². The lowest BCUT2D eigenvalue weighted by Gasteiger charge is -2.20. The number of nitrogens with zero attached hydrogens (tertiary/aromatic N) is 2. The Morgan fingerprint density at radius 1 is 0.721 bits per heavy atom. The molecule has 3 heterocycles. The first-order valence-corrected chi connectivity index (χ1v) is 14.1. The Kier molecular flexibility index (Phi) is 18.4. The van der Waals surface area contributed by atoms with Gasteiger partial charge in [0.05, 0.1) is 0 Å². The molecule has 43 heavy (non-hydrogen) atoms. The van der Waals surface area contributed by atoms with E-state index in [-0.39, 0.29) is 0 Å². The minimum absolute atomic E-state index is 0.403. The van der Waals surface area contributed by atoms with Crippen LogP contribution in [-0.4, -0.2) is 58.4 Å². The van der Waals surface area contributed by atoms with Gasteiger partial charge in [-0.3, -0.25) is 9.97 Å². The average molecular weight is 607 g/mol. The van der Waals surface area contributed by atoms with Crippen molar-refractivity contribution in [3.63, 3.8) is 0 Å². The first kappa shape index (κ1) is 39.2. The summed E-state index contributed by atoms with van der Waals surface area (Å²) in [5, 5.41) is 2.67. The van der Waals surface area contributed by atoms with Crippen LogP contribution in [0.4, 0.5) is 14.4 Å². The molecule has 3 N–H and O–H groups in total. The Bertz CT molecular complexity index is 1010. The monoisotopic (exact) mass is 606 g/mol. The molecular formula is C31H50N4O8. The lowest BCUT2D eigenvalue weighted by Crippen LogP contribution is -2.32. The van der Waals surface area contributed by atoms with Gasteiger partial charge < -0.3 is 34.7 Å². The number of hydrogen-bond donors (Lipinski definition) is 2. The molecule has 1 saturated heterocycles. The molecule has 0 atom stereocenters. The van der Waals surface area contributed by atoms with E-state index in [4.69, 9.17) is 24.7 Å². The van der Waals surface area contributed by atoms with Crippen LogP contribution in [0, 0.1) is 0 Å².